The number of anilines is 1. The van der Waals surface area contributed by atoms with Crippen LogP contribution in [0.25, 0.3) is 15.9 Å². The molecule has 0 unspecified atom stereocenters. The first-order valence-corrected chi connectivity index (χ1v) is 8.63. The quantitative estimate of drug-likeness (QED) is 0.556. The van der Waals surface area contributed by atoms with E-state index in [2.05, 4.69) is 15.4 Å². The molecule has 1 amide bonds. The van der Waals surface area contributed by atoms with Crippen molar-refractivity contribution in [3.63, 3.8) is 0 Å². The number of amides is 1. The van der Waals surface area contributed by atoms with Crippen LogP contribution in [-0.2, 0) is 11.3 Å². The lowest BCUT2D eigenvalue weighted by Crippen LogP contribution is -2.28. The molecule has 3 heterocycles. The summed E-state index contributed by atoms with van der Waals surface area (Å²) in [5, 5.41) is 8.83. The summed E-state index contributed by atoms with van der Waals surface area (Å²) in [5.74, 6) is -0.436. The average molecular weight is 367 g/mol. The van der Waals surface area contributed by atoms with E-state index in [1.165, 1.54) is 29.0 Å². The van der Waals surface area contributed by atoms with Crippen LogP contribution in [0, 0.1) is 0 Å². The second-order valence-corrected chi connectivity index (χ2v) is 6.61. The molecule has 0 fully saturated rings. The zero-order valence-electron chi connectivity index (χ0n) is 13.7. The molecule has 0 aliphatic carbocycles. The second kappa shape index (κ2) is 6.19. The van der Waals surface area contributed by atoms with E-state index >= 15 is 0 Å². The summed E-state index contributed by atoms with van der Waals surface area (Å²) in [6.07, 6.45) is 1.41. The number of Topliss-reactive ketones (excluding diaryl/α,β-unsaturated/α-hetero) is 1. The smallest absolute Gasteiger partial charge is 0.324 e. The van der Waals surface area contributed by atoms with Crippen molar-refractivity contribution in [3.8, 4) is 0 Å². The predicted octanol–water partition coefficient (Wildman–Crippen LogP) is 1.95. The maximum Gasteiger partial charge on any atom is 0.352 e. The largest absolute Gasteiger partial charge is 0.352 e. The Balaban J connectivity index is 1.58. The highest BCUT2D eigenvalue weighted by Gasteiger charge is 2.14. The molecular formula is C17H13N5O3S. The first kappa shape index (κ1) is 16.2. The summed E-state index contributed by atoms with van der Waals surface area (Å²) >= 11 is 1.44. The molecule has 26 heavy (non-hydrogen) atoms. The summed E-state index contributed by atoms with van der Waals surface area (Å²) < 4.78 is 3.23. The van der Waals surface area contributed by atoms with E-state index in [0.29, 0.717) is 16.9 Å². The second-order valence-electron chi connectivity index (χ2n) is 5.70. The molecule has 9 heteroatoms. The molecule has 0 bridgehead atoms. The molecule has 0 aliphatic heterocycles. The van der Waals surface area contributed by atoms with Crippen LogP contribution in [0.5, 0.6) is 0 Å². The van der Waals surface area contributed by atoms with E-state index < -0.39 is 5.69 Å². The molecule has 4 aromatic rings. The Morgan fingerprint density at radius 3 is 2.69 bits per heavy atom. The van der Waals surface area contributed by atoms with Crippen LogP contribution in [-0.4, -0.2) is 30.9 Å². The summed E-state index contributed by atoms with van der Waals surface area (Å²) in [7, 11) is 0. The highest BCUT2D eigenvalue weighted by molar-refractivity contribution is 7.17. The first-order valence-electron chi connectivity index (χ1n) is 7.75. The van der Waals surface area contributed by atoms with Crippen LogP contribution < -0.4 is 11.0 Å². The summed E-state index contributed by atoms with van der Waals surface area (Å²) in [6.45, 7) is 1.25. The van der Waals surface area contributed by atoms with Crippen LogP contribution >= 0.6 is 11.3 Å². The van der Waals surface area contributed by atoms with Gasteiger partial charge in [-0.25, -0.2) is 18.9 Å². The third-order valence-corrected chi connectivity index (χ3v) is 4.80. The summed E-state index contributed by atoms with van der Waals surface area (Å²) in [5.41, 5.74) is 1.92. The molecule has 3 aromatic heterocycles. The Labute approximate surface area is 150 Å². The van der Waals surface area contributed by atoms with E-state index in [0.717, 1.165) is 14.9 Å². The molecule has 0 radical (unpaired) electrons. The van der Waals surface area contributed by atoms with Gasteiger partial charge >= 0.3 is 5.69 Å². The van der Waals surface area contributed by atoms with Gasteiger partial charge in [-0.1, -0.05) is 0 Å². The standard InChI is InChI=1S/C17H13N5O3S/c1-10(23)11-2-4-12(5-3-11)19-14(24)8-22-17(25)21-9-18-13-6-7-26-15(13)16(21)20-22/h2-7,9H,8H2,1H3,(H,19,24). The minimum absolute atomic E-state index is 0.0485. The van der Waals surface area contributed by atoms with Crippen molar-refractivity contribution in [2.75, 3.05) is 5.32 Å². The van der Waals surface area contributed by atoms with Gasteiger partial charge in [0.15, 0.2) is 11.4 Å². The Kier molecular flexibility index (Phi) is 3.85. The van der Waals surface area contributed by atoms with Crippen molar-refractivity contribution < 1.29 is 9.59 Å². The van der Waals surface area contributed by atoms with E-state index in [1.807, 2.05) is 11.4 Å². The molecule has 0 aliphatic rings. The van der Waals surface area contributed by atoms with Crippen LogP contribution in [0.15, 0.2) is 46.8 Å². The van der Waals surface area contributed by atoms with Crippen LogP contribution in [0.3, 0.4) is 0 Å². The number of carbonyl (C=O) groups excluding carboxylic acids is 2. The molecular weight excluding hydrogens is 354 g/mol. The van der Waals surface area contributed by atoms with Gasteiger partial charge in [0, 0.05) is 11.3 Å². The zero-order chi connectivity index (χ0) is 18.3. The highest BCUT2D eigenvalue weighted by atomic mass is 32.1. The fraction of sp³-hybridized carbons (Fsp3) is 0.118. The number of hydrogen-bond acceptors (Lipinski definition) is 6. The Morgan fingerprint density at radius 1 is 1.19 bits per heavy atom. The Hall–Kier alpha value is -3.33. The zero-order valence-corrected chi connectivity index (χ0v) is 14.5. The Morgan fingerprint density at radius 2 is 1.96 bits per heavy atom. The first-order chi connectivity index (χ1) is 12.5. The third-order valence-electron chi connectivity index (χ3n) is 3.90. The van der Waals surface area contributed by atoms with Crippen molar-refractivity contribution in [2.45, 2.75) is 13.5 Å². The molecule has 1 N–H and O–H groups in total. The molecule has 4 rings (SSSR count). The lowest BCUT2D eigenvalue weighted by atomic mass is 10.1. The average Bonchev–Trinajstić information content (AvgIpc) is 3.20. The molecule has 130 valence electrons. The number of fused-ring (bicyclic) bond motifs is 3. The van der Waals surface area contributed by atoms with Gasteiger partial charge < -0.3 is 5.32 Å². The van der Waals surface area contributed by atoms with Crippen LogP contribution in [0.1, 0.15) is 17.3 Å². The molecule has 8 nitrogen and oxygen atoms in total. The maximum absolute atomic E-state index is 12.4. The van der Waals surface area contributed by atoms with Gasteiger partial charge in [0.05, 0.1) is 10.2 Å². The predicted molar refractivity (Wildman–Crippen MR) is 97.7 cm³/mol. The summed E-state index contributed by atoms with van der Waals surface area (Å²) in [4.78, 5) is 40.1. The molecule has 1 aromatic carbocycles. The lowest BCUT2D eigenvalue weighted by molar-refractivity contribution is -0.117. The van der Waals surface area contributed by atoms with E-state index in [-0.39, 0.29) is 18.2 Å². The molecule has 0 saturated heterocycles. The van der Waals surface area contributed by atoms with Gasteiger partial charge in [-0.2, -0.15) is 0 Å². The molecule has 0 saturated carbocycles. The van der Waals surface area contributed by atoms with E-state index in [4.69, 9.17) is 0 Å². The van der Waals surface area contributed by atoms with Crippen molar-refractivity contribution in [2.24, 2.45) is 0 Å². The number of nitrogens with zero attached hydrogens (tertiary/aromatic N) is 4. The van der Waals surface area contributed by atoms with Gasteiger partial charge in [0.2, 0.25) is 5.91 Å². The molecule has 0 spiro atoms. The number of carbonyl (C=O) groups is 2. The number of rotatable bonds is 4. The monoisotopic (exact) mass is 367 g/mol. The van der Waals surface area contributed by atoms with Gasteiger partial charge in [-0.3, -0.25) is 9.59 Å². The number of thiophene rings is 1. The summed E-state index contributed by atoms with van der Waals surface area (Å²) in [6, 6.07) is 8.39. The normalized spacial score (nSPS) is 11.1. The lowest BCUT2D eigenvalue weighted by Gasteiger charge is -2.05. The van der Waals surface area contributed by atoms with Crippen molar-refractivity contribution in [1.29, 1.82) is 0 Å². The van der Waals surface area contributed by atoms with E-state index in [1.54, 1.807) is 24.3 Å². The van der Waals surface area contributed by atoms with Gasteiger partial charge in [-0.15, -0.1) is 16.4 Å². The number of hydrogen-bond donors (Lipinski definition) is 1. The van der Waals surface area contributed by atoms with Crippen molar-refractivity contribution in [3.05, 3.63) is 58.1 Å². The highest BCUT2D eigenvalue weighted by Crippen LogP contribution is 2.21. The van der Waals surface area contributed by atoms with Gasteiger partial charge in [0.25, 0.3) is 0 Å². The minimum Gasteiger partial charge on any atom is -0.324 e. The maximum atomic E-state index is 12.4. The van der Waals surface area contributed by atoms with Crippen molar-refractivity contribution in [1.82, 2.24) is 19.2 Å². The Bertz CT molecular complexity index is 1200. The topological polar surface area (TPSA) is 98.4 Å². The SMILES string of the molecule is CC(=O)c1ccc(NC(=O)Cn2nc3c4sccc4ncn3c2=O)cc1. The van der Waals surface area contributed by atoms with Gasteiger partial charge in [-0.05, 0) is 42.6 Å². The number of nitrogens with one attached hydrogen (secondary N) is 1. The fourth-order valence-corrected chi connectivity index (χ4v) is 3.42. The number of ketones is 1. The number of aromatic nitrogens is 4. The minimum atomic E-state index is -0.426. The molecule has 0 atom stereocenters. The number of benzene rings is 1. The van der Waals surface area contributed by atoms with Crippen molar-refractivity contribution >= 4 is 44.6 Å². The van der Waals surface area contributed by atoms with Gasteiger partial charge in [0.1, 0.15) is 12.9 Å². The van der Waals surface area contributed by atoms with Crippen LogP contribution in [0.4, 0.5) is 5.69 Å². The fourth-order valence-electron chi connectivity index (χ4n) is 2.60. The van der Waals surface area contributed by atoms with E-state index in [9.17, 15) is 14.4 Å². The third kappa shape index (κ3) is 2.78. The van der Waals surface area contributed by atoms with Crippen LogP contribution in [0.2, 0.25) is 0 Å².